The van der Waals surface area contributed by atoms with E-state index in [0.29, 0.717) is 0 Å². The average molecular weight is 231 g/mol. The van der Waals surface area contributed by atoms with Crippen molar-refractivity contribution in [3.8, 4) is 5.75 Å². The summed E-state index contributed by atoms with van der Waals surface area (Å²) >= 11 is 0. The number of anilines is 1. The molecule has 0 bridgehead atoms. The van der Waals surface area contributed by atoms with Gasteiger partial charge in [0.15, 0.2) is 11.5 Å². The molecule has 0 radical (unpaired) electrons. The topological polar surface area (TPSA) is 107 Å². The van der Waals surface area contributed by atoms with Crippen LogP contribution in [0.1, 0.15) is 17.3 Å². The maximum absolute atomic E-state index is 11.0. The predicted molar refractivity (Wildman–Crippen MR) is 53.0 cm³/mol. The van der Waals surface area contributed by atoms with Crippen molar-refractivity contribution in [3.63, 3.8) is 0 Å². The number of para-hydroxylation sites is 1. The molecule has 0 amide bonds. The minimum atomic E-state index is -4.63. The van der Waals surface area contributed by atoms with Gasteiger partial charge >= 0.3 is 10.4 Å². The Kier molecular flexibility index (Phi) is 2.96. The van der Waals surface area contributed by atoms with Gasteiger partial charge in [-0.2, -0.15) is 8.42 Å². The van der Waals surface area contributed by atoms with Crippen molar-refractivity contribution in [2.75, 3.05) is 5.73 Å². The third-order valence-electron chi connectivity index (χ3n) is 1.64. The zero-order valence-electron chi connectivity index (χ0n) is 7.80. The zero-order valence-corrected chi connectivity index (χ0v) is 8.61. The Morgan fingerprint density at radius 3 is 2.53 bits per heavy atom. The van der Waals surface area contributed by atoms with Crippen LogP contribution in [0.3, 0.4) is 0 Å². The highest BCUT2D eigenvalue weighted by Crippen LogP contribution is 2.26. The van der Waals surface area contributed by atoms with E-state index in [0.717, 1.165) is 0 Å². The molecule has 0 heterocycles. The second-order valence-electron chi connectivity index (χ2n) is 2.78. The number of rotatable bonds is 3. The highest BCUT2D eigenvalue weighted by atomic mass is 32.3. The molecule has 3 N–H and O–H groups in total. The standard InChI is InChI=1S/C8H9NO5S/c1-5(10)6-3-2-4-7(8(6)9)14-15(11,12)13/h2-4H,9H2,1H3,(H,11,12,13). The van der Waals surface area contributed by atoms with Gasteiger partial charge in [-0.05, 0) is 19.1 Å². The van der Waals surface area contributed by atoms with Crippen LogP contribution in [0.2, 0.25) is 0 Å². The number of carbonyl (C=O) groups is 1. The van der Waals surface area contributed by atoms with Gasteiger partial charge in [0.1, 0.15) is 0 Å². The van der Waals surface area contributed by atoms with Crippen LogP contribution >= 0.6 is 0 Å². The summed E-state index contributed by atoms with van der Waals surface area (Å²) in [6.45, 7) is 1.28. The van der Waals surface area contributed by atoms with Gasteiger partial charge in [-0.15, -0.1) is 0 Å². The first-order valence-electron chi connectivity index (χ1n) is 3.87. The molecule has 0 aliphatic heterocycles. The Morgan fingerprint density at radius 1 is 1.47 bits per heavy atom. The van der Waals surface area contributed by atoms with E-state index in [2.05, 4.69) is 4.18 Å². The number of ketones is 1. The maximum Gasteiger partial charge on any atom is 0.446 e. The van der Waals surface area contributed by atoms with Crippen LogP contribution in [0.4, 0.5) is 5.69 Å². The van der Waals surface area contributed by atoms with E-state index in [1.165, 1.54) is 25.1 Å². The molecular formula is C8H9NO5S. The fourth-order valence-electron chi connectivity index (χ4n) is 1.04. The highest BCUT2D eigenvalue weighted by Gasteiger charge is 2.14. The number of benzene rings is 1. The van der Waals surface area contributed by atoms with Crippen molar-refractivity contribution in [3.05, 3.63) is 23.8 Å². The predicted octanol–water partition coefficient (Wildman–Crippen LogP) is 0.653. The molecule has 0 atom stereocenters. The van der Waals surface area contributed by atoms with Crippen molar-refractivity contribution < 1.29 is 21.9 Å². The second-order valence-corrected chi connectivity index (χ2v) is 3.81. The summed E-state index contributed by atoms with van der Waals surface area (Å²) in [6, 6.07) is 4.05. The fourth-order valence-corrected chi connectivity index (χ4v) is 1.41. The third-order valence-corrected chi connectivity index (χ3v) is 2.03. The normalized spacial score (nSPS) is 11.1. The van der Waals surface area contributed by atoms with E-state index in [-0.39, 0.29) is 22.8 Å². The molecule has 82 valence electrons. The van der Waals surface area contributed by atoms with Gasteiger partial charge in [-0.1, -0.05) is 6.07 Å². The van der Waals surface area contributed by atoms with Crippen molar-refractivity contribution in [1.82, 2.24) is 0 Å². The van der Waals surface area contributed by atoms with Gasteiger partial charge in [-0.25, -0.2) is 0 Å². The molecule has 1 aromatic rings. The summed E-state index contributed by atoms with van der Waals surface area (Å²) in [7, 11) is -4.63. The van der Waals surface area contributed by atoms with Crippen LogP contribution < -0.4 is 9.92 Å². The minimum Gasteiger partial charge on any atom is -0.395 e. The van der Waals surface area contributed by atoms with Gasteiger partial charge in [0.25, 0.3) is 0 Å². The Hall–Kier alpha value is -1.60. The molecule has 0 aliphatic rings. The van der Waals surface area contributed by atoms with E-state index in [9.17, 15) is 13.2 Å². The number of nitrogens with two attached hydrogens (primary N) is 1. The molecule has 0 saturated carbocycles. The molecule has 1 rings (SSSR count). The lowest BCUT2D eigenvalue weighted by Gasteiger charge is -2.07. The molecule has 0 aromatic heterocycles. The minimum absolute atomic E-state index is 0.123. The number of hydrogen-bond donors (Lipinski definition) is 2. The fraction of sp³-hybridized carbons (Fsp3) is 0.125. The molecule has 15 heavy (non-hydrogen) atoms. The first-order chi connectivity index (χ1) is 6.81. The molecule has 0 aliphatic carbocycles. The zero-order chi connectivity index (χ0) is 11.6. The van der Waals surface area contributed by atoms with E-state index < -0.39 is 10.4 Å². The van der Waals surface area contributed by atoms with E-state index in [1.54, 1.807) is 0 Å². The van der Waals surface area contributed by atoms with Crippen LogP contribution in [0.25, 0.3) is 0 Å². The second kappa shape index (κ2) is 3.87. The molecular weight excluding hydrogens is 222 g/mol. The van der Waals surface area contributed by atoms with E-state index in [4.69, 9.17) is 10.3 Å². The lowest BCUT2D eigenvalue weighted by molar-refractivity contribution is 0.101. The number of Topliss-reactive ketones (excluding diaryl/α,β-unsaturated/α-hetero) is 1. The van der Waals surface area contributed by atoms with Crippen molar-refractivity contribution >= 4 is 21.9 Å². The average Bonchev–Trinajstić information content (AvgIpc) is 2.05. The van der Waals surface area contributed by atoms with Crippen LogP contribution in [-0.4, -0.2) is 18.8 Å². The van der Waals surface area contributed by atoms with Gasteiger partial charge in [0.2, 0.25) is 0 Å². The third kappa shape index (κ3) is 2.93. The van der Waals surface area contributed by atoms with Crippen LogP contribution in [0, 0.1) is 0 Å². The lowest BCUT2D eigenvalue weighted by Crippen LogP contribution is -2.10. The first kappa shape index (κ1) is 11.5. The number of nitrogen functional groups attached to an aromatic ring is 1. The number of hydrogen-bond acceptors (Lipinski definition) is 5. The van der Waals surface area contributed by atoms with Crippen molar-refractivity contribution in [1.29, 1.82) is 0 Å². The SMILES string of the molecule is CC(=O)c1cccc(OS(=O)(=O)O)c1N. The molecule has 0 unspecified atom stereocenters. The smallest absolute Gasteiger partial charge is 0.395 e. The van der Waals surface area contributed by atoms with Crippen LogP contribution in [0.5, 0.6) is 5.75 Å². The van der Waals surface area contributed by atoms with Crippen molar-refractivity contribution in [2.45, 2.75) is 6.92 Å². The monoisotopic (exact) mass is 231 g/mol. The van der Waals surface area contributed by atoms with Gasteiger partial charge < -0.3 is 9.92 Å². The molecule has 0 fully saturated rings. The summed E-state index contributed by atoms with van der Waals surface area (Å²) in [5.41, 5.74) is 5.48. The van der Waals surface area contributed by atoms with Gasteiger partial charge in [0, 0.05) is 5.56 Å². The summed E-state index contributed by atoms with van der Waals surface area (Å²) in [6.07, 6.45) is 0. The number of carbonyl (C=O) groups excluding carboxylic acids is 1. The lowest BCUT2D eigenvalue weighted by atomic mass is 10.1. The largest absolute Gasteiger partial charge is 0.446 e. The summed E-state index contributed by atoms with van der Waals surface area (Å²) in [4.78, 5) is 11.0. The summed E-state index contributed by atoms with van der Waals surface area (Å²) in [5, 5.41) is 0. The van der Waals surface area contributed by atoms with Gasteiger partial charge in [0.05, 0.1) is 5.69 Å². The Labute approximate surface area is 86.6 Å². The van der Waals surface area contributed by atoms with E-state index in [1.807, 2.05) is 0 Å². The summed E-state index contributed by atoms with van der Waals surface area (Å²) in [5.74, 6) is -0.599. The van der Waals surface area contributed by atoms with Crippen LogP contribution in [-0.2, 0) is 10.4 Å². The molecule has 1 aromatic carbocycles. The first-order valence-corrected chi connectivity index (χ1v) is 5.24. The molecule has 7 heteroatoms. The van der Waals surface area contributed by atoms with E-state index >= 15 is 0 Å². The molecule has 0 spiro atoms. The van der Waals surface area contributed by atoms with Crippen molar-refractivity contribution in [2.24, 2.45) is 0 Å². The molecule has 0 saturated heterocycles. The Morgan fingerprint density at radius 2 is 2.07 bits per heavy atom. The Bertz CT molecular complexity index is 494. The van der Waals surface area contributed by atoms with Gasteiger partial charge in [-0.3, -0.25) is 9.35 Å². The Balaban J connectivity index is 3.22. The summed E-state index contributed by atoms with van der Waals surface area (Å²) < 4.78 is 33.5. The highest BCUT2D eigenvalue weighted by molar-refractivity contribution is 7.81. The maximum atomic E-state index is 11.0. The molecule has 6 nitrogen and oxygen atoms in total. The van der Waals surface area contributed by atoms with Crippen LogP contribution in [0.15, 0.2) is 18.2 Å². The quantitative estimate of drug-likeness (QED) is 0.449.